The van der Waals surface area contributed by atoms with Gasteiger partial charge >= 0.3 is 5.91 Å². The maximum atomic E-state index is 13.0. The Bertz CT molecular complexity index is 814. The van der Waals surface area contributed by atoms with Crippen molar-refractivity contribution in [2.24, 2.45) is 0 Å². The lowest BCUT2D eigenvalue weighted by Crippen LogP contribution is -2.51. The first-order chi connectivity index (χ1) is 12.1. The number of rotatable bonds is 3. The fraction of sp³-hybridized carbons (Fsp3) is 0.263. The van der Waals surface area contributed by atoms with Crippen LogP contribution in [0.1, 0.15) is 10.4 Å². The smallest absolute Gasteiger partial charge is 0.300 e. The van der Waals surface area contributed by atoms with Gasteiger partial charge in [0, 0.05) is 31.9 Å². The summed E-state index contributed by atoms with van der Waals surface area (Å²) in [6.07, 6.45) is 0. The molecule has 0 unspecified atom stereocenters. The van der Waals surface area contributed by atoms with Crippen LogP contribution in [0.15, 0.2) is 48.5 Å². The fourth-order valence-corrected chi connectivity index (χ4v) is 3.39. The van der Waals surface area contributed by atoms with E-state index in [1.807, 2.05) is 12.1 Å². The van der Waals surface area contributed by atoms with Gasteiger partial charge in [0.15, 0.2) is 0 Å². The van der Waals surface area contributed by atoms with Gasteiger partial charge in [-0.05, 0) is 36.4 Å². The average molecular weight is 339 g/mol. The molecule has 0 atom stereocenters. The molecule has 0 aliphatic carbocycles. The van der Waals surface area contributed by atoms with E-state index in [4.69, 9.17) is 0 Å². The third kappa shape index (κ3) is 2.89. The van der Waals surface area contributed by atoms with Crippen LogP contribution < -0.4 is 9.80 Å². The van der Waals surface area contributed by atoms with E-state index in [1.165, 1.54) is 12.1 Å². The van der Waals surface area contributed by atoms with Gasteiger partial charge < -0.3 is 4.90 Å². The molecule has 1 fully saturated rings. The van der Waals surface area contributed by atoms with Gasteiger partial charge in [-0.1, -0.05) is 12.1 Å². The summed E-state index contributed by atoms with van der Waals surface area (Å²) in [4.78, 5) is 30.2. The molecule has 2 aromatic carbocycles. The third-order valence-electron chi connectivity index (χ3n) is 4.78. The van der Waals surface area contributed by atoms with Crippen LogP contribution in [0.4, 0.5) is 15.8 Å². The van der Waals surface area contributed by atoms with Gasteiger partial charge in [-0.2, -0.15) is 0 Å². The Morgan fingerprint density at radius 3 is 2.28 bits per heavy atom. The Balaban J connectivity index is 1.41. The predicted molar refractivity (Wildman–Crippen MR) is 93.3 cm³/mol. The van der Waals surface area contributed by atoms with Crippen LogP contribution in [-0.4, -0.2) is 49.4 Å². The SMILES string of the molecule is O=C1C(=O)N(CN2CCN(c3ccc(F)cc3)CC2)c2ccccc21. The number of hydrogen-bond donors (Lipinski definition) is 0. The van der Waals surface area contributed by atoms with E-state index in [0.717, 1.165) is 31.9 Å². The van der Waals surface area contributed by atoms with Crippen LogP contribution in [0.2, 0.25) is 0 Å². The summed E-state index contributed by atoms with van der Waals surface area (Å²) >= 11 is 0. The summed E-state index contributed by atoms with van der Waals surface area (Å²) in [5, 5.41) is 0. The quantitative estimate of drug-likeness (QED) is 0.804. The third-order valence-corrected chi connectivity index (χ3v) is 4.78. The van der Waals surface area contributed by atoms with E-state index in [0.29, 0.717) is 17.9 Å². The van der Waals surface area contributed by atoms with E-state index >= 15 is 0 Å². The van der Waals surface area contributed by atoms with Crippen LogP contribution in [-0.2, 0) is 4.79 Å². The number of Topliss-reactive ketones (excluding diaryl/α,β-unsaturated/α-hetero) is 1. The molecule has 6 heteroatoms. The number of hydrogen-bond acceptors (Lipinski definition) is 4. The van der Waals surface area contributed by atoms with Crippen LogP contribution in [0, 0.1) is 5.82 Å². The molecule has 2 aliphatic rings. The highest BCUT2D eigenvalue weighted by Crippen LogP contribution is 2.28. The lowest BCUT2D eigenvalue weighted by molar-refractivity contribution is -0.114. The van der Waals surface area contributed by atoms with Crippen molar-refractivity contribution in [3.05, 3.63) is 59.9 Å². The number of anilines is 2. The second-order valence-electron chi connectivity index (χ2n) is 6.30. The molecule has 4 rings (SSSR count). The number of para-hydroxylation sites is 1. The molecule has 1 amide bonds. The Morgan fingerprint density at radius 2 is 1.56 bits per heavy atom. The van der Waals surface area contributed by atoms with Gasteiger partial charge in [-0.3, -0.25) is 19.4 Å². The maximum Gasteiger partial charge on any atom is 0.300 e. The average Bonchev–Trinajstić information content (AvgIpc) is 2.88. The van der Waals surface area contributed by atoms with Crippen molar-refractivity contribution >= 4 is 23.1 Å². The van der Waals surface area contributed by atoms with Crippen molar-refractivity contribution in [2.75, 3.05) is 42.6 Å². The summed E-state index contributed by atoms with van der Waals surface area (Å²) in [5.41, 5.74) is 2.18. The summed E-state index contributed by atoms with van der Waals surface area (Å²) in [6.45, 7) is 3.56. The van der Waals surface area contributed by atoms with Gasteiger partial charge in [-0.15, -0.1) is 0 Å². The first kappa shape index (κ1) is 15.8. The molecule has 2 aliphatic heterocycles. The molecular weight excluding hydrogens is 321 g/mol. The monoisotopic (exact) mass is 339 g/mol. The van der Waals surface area contributed by atoms with Crippen LogP contribution >= 0.6 is 0 Å². The van der Waals surface area contributed by atoms with E-state index in [-0.39, 0.29) is 5.82 Å². The molecule has 2 heterocycles. The van der Waals surface area contributed by atoms with Gasteiger partial charge in [0.05, 0.1) is 17.9 Å². The molecule has 0 bridgehead atoms. The number of piperazine rings is 1. The van der Waals surface area contributed by atoms with Crippen molar-refractivity contribution in [3.63, 3.8) is 0 Å². The fourth-order valence-electron chi connectivity index (χ4n) is 3.39. The molecule has 5 nitrogen and oxygen atoms in total. The van der Waals surface area contributed by atoms with Crippen LogP contribution in [0.3, 0.4) is 0 Å². The highest BCUT2D eigenvalue weighted by Gasteiger charge is 2.36. The van der Waals surface area contributed by atoms with Gasteiger partial charge in [-0.25, -0.2) is 4.39 Å². The molecule has 1 saturated heterocycles. The van der Waals surface area contributed by atoms with E-state index in [2.05, 4.69) is 9.80 Å². The number of carbonyl (C=O) groups excluding carboxylic acids is 2. The Labute approximate surface area is 145 Å². The van der Waals surface area contributed by atoms with E-state index < -0.39 is 11.7 Å². The van der Waals surface area contributed by atoms with Crippen molar-refractivity contribution in [1.29, 1.82) is 0 Å². The molecule has 0 spiro atoms. The number of nitrogens with zero attached hydrogens (tertiary/aromatic N) is 3. The standard InChI is InChI=1S/C19H18FN3O2/c20-14-5-7-15(8-6-14)22-11-9-21(10-12-22)13-23-17-4-2-1-3-16(17)18(24)19(23)25/h1-8H,9-13H2. The van der Waals surface area contributed by atoms with Crippen molar-refractivity contribution in [3.8, 4) is 0 Å². The highest BCUT2D eigenvalue weighted by atomic mass is 19.1. The van der Waals surface area contributed by atoms with Crippen molar-refractivity contribution in [2.45, 2.75) is 0 Å². The predicted octanol–water partition coefficient (Wildman–Crippen LogP) is 2.13. The maximum absolute atomic E-state index is 13.0. The molecule has 0 saturated carbocycles. The zero-order chi connectivity index (χ0) is 17.4. The van der Waals surface area contributed by atoms with Gasteiger partial charge in [0.1, 0.15) is 5.82 Å². The number of benzene rings is 2. The highest BCUT2D eigenvalue weighted by molar-refractivity contribution is 6.52. The zero-order valence-electron chi connectivity index (χ0n) is 13.7. The first-order valence-electron chi connectivity index (χ1n) is 8.31. The summed E-state index contributed by atoms with van der Waals surface area (Å²) in [6, 6.07) is 13.6. The summed E-state index contributed by atoms with van der Waals surface area (Å²) in [7, 11) is 0. The number of carbonyl (C=O) groups is 2. The van der Waals surface area contributed by atoms with E-state index in [1.54, 1.807) is 29.2 Å². The van der Waals surface area contributed by atoms with Gasteiger partial charge in [0.2, 0.25) is 0 Å². The molecular formula is C19H18FN3O2. The lowest BCUT2D eigenvalue weighted by atomic mass is 10.1. The second kappa shape index (κ2) is 6.29. The molecule has 0 radical (unpaired) electrons. The summed E-state index contributed by atoms with van der Waals surface area (Å²) in [5.74, 6) is -1.12. The van der Waals surface area contributed by atoms with Gasteiger partial charge in [0.25, 0.3) is 5.78 Å². The Morgan fingerprint density at radius 1 is 0.880 bits per heavy atom. The van der Waals surface area contributed by atoms with Crippen molar-refractivity contribution in [1.82, 2.24) is 4.90 Å². The second-order valence-corrected chi connectivity index (χ2v) is 6.30. The normalized spacial score (nSPS) is 18.0. The van der Waals surface area contributed by atoms with Crippen LogP contribution in [0.5, 0.6) is 0 Å². The number of amides is 1. The molecule has 128 valence electrons. The largest absolute Gasteiger partial charge is 0.369 e. The molecule has 0 aromatic heterocycles. The molecule has 25 heavy (non-hydrogen) atoms. The van der Waals surface area contributed by atoms with Crippen molar-refractivity contribution < 1.29 is 14.0 Å². The Kier molecular flexibility index (Phi) is 3.97. The number of fused-ring (bicyclic) bond motifs is 1. The minimum absolute atomic E-state index is 0.238. The lowest BCUT2D eigenvalue weighted by Gasteiger charge is -2.37. The molecule has 2 aromatic rings. The number of ketones is 1. The zero-order valence-corrected chi connectivity index (χ0v) is 13.7. The Hall–Kier alpha value is -2.73. The summed E-state index contributed by atoms with van der Waals surface area (Å²) < 4.78 is 13.0. The topological polar surface area (TPSA) is 43.9 Å². The number of halogens is 1. The minimum Gasteiger partial charge on any atom is -0.369 e. The van der Waals surface area contributed by atoms with E-state index in [9.17, 15) is 14.0 Å². The molecule has 0 N–H and O–H groups in total. The van der Waals surface area contributed by atoms with Crippen LogP contribution in [0.25, 0.3) is 0 Å². The first-order valence-corrected chi connectivity index (χ1v) is 8.31. The minimum atomic E-state index is -0.456.